The number of fused-ring (bicyclic) bond motifs is 6. The van der Waals surface area contributed by atoms with Gasteiger partial charge in [0.05, 0.1) is 0 Å². The van der Waals surface area contributed by atoms with E-state index in [0.29, 0.717) is 18.4 Å². The molecule has 1 aromatic carbocycles. The van der Waals surface area contributed by atoms with Crippen LogP contribution in [0.4, 0.5) is 0 Å². The van der Waals surface area contributed by atoms with Crippen LogP contribution in [-0.4, -0.2) is 28.4 Å². The van der Waals surface area contributed by atoms with Crippen molar-refractivity contribution in [2.24, 2.45) is 29.6 Å². The normalized spacial score (nSPS) is 39.7. The standard InChI is InChI=1S/C19H21NO3/c21-18(16-14-11-5-6-12(9-11)15(14)16)20-8-7-10-3-1-2-4-13(10)17(20)19(22)23/h1-4,11-12,14-17H,5-9H2,(H,22,23)/t11-,12-,14+,15+,17-/m0/s1. The molecule has 0 spiro atoms. The minimum atomic E-state index is -0.903. The fourth-order valence-electron chi connectivity index (χ4n) is 5.92. The Morgan fingerprint density at radius 1 is 1.09 bits per heavy atom. The molecule has 3 saturated carbocycles. The van der Waals surface area contributed by atoms with E-state index in [1.165, 1.54) is 19.3 Å². The fraction of sp³-hybridized carbons (Fsp3) is 0.579. The molecular weight excluding hydrogens is 290 g/mol. The summed E-state index contributed by atoms with van der Waals surface area (Å²) in [6, 6.07) is 6.86. The summed E-state index contributed by atoms with van der Waals surface area (Å²) in [4.78, 5) is 26.6. The summed E-state index contributed by atoms with van der Waals surface area (Å²) in [7, 11) is 0. The summed E-state index contributed by atoms with van der Waals surface area (Å²) in [6.07, 6.45) is 4.63. The van der Waals surface area contributed by atoms with Crippen molar-refractivity contribution >= 4 is 11.9 Å². The van der Waals surface area contributed by atoms with E-state index < -0.39 is 12.0 Å². The van der Waals surface area contributed by atoms with Crippen molar-refractivity contribution in [3.05, 3.63) is 35.4 Å². The Hall–Kier alpha value is -1.84. The van der Waals surface area contributed by atoms with Crippen LogP contribution in [0.25, 0.3) is 0 Å². The van der Waals surface area contributed by atoms with E-state index in [2.05, 4.69) is 0 Å². The molecule has 0 unspecified atom stereocenters. The third-order valence-corrected chi connectivity index (χ3v) is 6.82. The highest BCUT2D eigenvalue weighted by molar-refractivity contribution is 5.89. The molecule has 0 radical (unpaired) electrons. The van der Waals surface area contributed by atoms with E-state index >= 15 is 0 Å². The maximum atomic E-state index is 13.1. The molecule has 120 valence electrons. The maximum Gasteiger partial charge on any atom is 0.331 e. The first-order chi connectivity index (χ1) is 11.2. The lowest BCUT2D eigenvalue weighted by Crippen LogP contribution is -2.45. The Balaban J connectivity index is 1.44. The number of carboxylic acid groups (broad SMARTS) is 1. The number of hydrogen-bond acceptors (Lipinski definition) is 2. The topological polar surface area (TPSA) is 57.6 Å². The predicted molar refractivity (Wildman–Crippen MR) is 83.5 cm³/mol. The smallest absolute Gasteiger partial charge is 0.331 e. The monoisotopic (exact) mass is 311 g/mol. The predicted octanol–water partition coefficient (Wildman–Crippen LogP) is 2.49. The Labute approximate surface area is 135 Å². The molecular formula is C19H21NO3. The van der Waals surface area contributed by atoms with Crippen LogP contribution in [0.3, 0.4) is 0 Å². The van der Waals surface area contributed by atoms with Gasteiger partial charge in [0.1, 0.15) is 0 Å². The molecule has 2 bridgehead atoms. The summed E-state index contributed by atoms with van der Waals surface area (Å²) in [5.74, 6) is 1.92. The molecule has 5 atom stereocenters. The SMILES string of the molecule is O=C(O)[C@@H]1c2ccccc2CCN1C(=O)C1[C@@H]2[C@H]3CC[C@@H](C3)[C@@H]12. The Morgan fingerprint density at radius 2 is 1.78 bits per heavy atom. The number of amides is 1. The molecule has 1 amide bonds. The molecule has 1 N–H and O–H groups in total. The minimum absolute atomic E-state index is 0.110. The van der Waals surface area contributed by atoms with Crippen molar-refractivity contribution in [2.45, 2.75) is 31.7 Å². The van der Waals surface area contributed by atoms with Gasteiger partial charge in [-0.15, -0.1) is 0 Å². The molecule has 23 heavy (non-hydrogen) atoms. The zero-order valence-electron chi connectivity index (χ0n) is 13.0. The molecule has 0 saturated heterocycles. The average molecular weight is 311 g/mol. The van der Waals surface area contributed by atoms with Crippen molar-refractivity contribution in [2.75, 3.05) is 6.54 Å². The van der Waals surface area contributed by atoms with Crippen LogP contribution in [0.1, 0.15) is 36.4 Å². The Bertz CT molecular complexity index is 684. The zero-order chi connectivity index (χ0) is 15.7. The Kier molecular flexibility index (Phi) is 2.71. The van der Waals surface area contributed by atoms with Crippen molar-refractivity contribution in [1.82, 2.24) is 4.90 Å². The highest BCUT2D eigenvalue weighted by Crippen LogP contribution is 2.69. The van der Waals surface area contributed by atoms with Crippen molar-refractivity contribution in [1.29, 1.82) is 0 Å². The van der Waals surface area contributed by atoms with Crippen LogP contribution >= 0.6 is 0 Å². The summed E-state index contributed by atoms with van der Waals surface area (Å²) >= 11 is 0. The summed E-state index contributed by atoms with van der Waals surface area (Å²) in [6.45, 7) is 0.540. The molecule has 4 heteroatoms. The van der Waals surface area contributed by atoms with Crippen LogP contribution in [0, 0.1) is 29.6 Å². The first kappa shape index (κ1) is 13.6. The largest absolute Gasteiger partial charge is 0.479 e. The van der Waals surface area contributed by atoms with Gasteiger partial charge in [-0.1, -0.05) is 24.3 Å². The first-order valence-corrected chi connectivity index (χ1v) is 8.78. The molecule has 5 rings (SSSR count). The quantitative estimate of drug-likeness (QED) is 0.913. The third kappa shape index (κ3) is 1.78. The van der Waals surface area contributed by atoms with E-state index in [1.54, 1.807) is 4.90 Å². The molecule has 3 aliphatic carbocycles. The highest BCUT2D eigenvalue weighted by atomic mass is 16.4. The van der Waals surface area contributed by atoms with Gasteiger partial charge < -0.3 is 10.0 Å². The zero-order valence-corrected chi connectivity index (χ0v) is 13.0. The van der Waals surface area contributed by atoms with Gasteiger partial charge in [-0.05, 0) is 60.5 Å². The lowest BCUT2D eigenvalue weighted by atomic mass is 9.91. The van der Waals surface area contributed by atoms with Crippen LogP contribution in [0.15, 0.2) is 24.3 Å². The number of aliphatic carboxylic acids is 1. The van der Waals surface area contributed by atoms with Gasteiger partial charge >= 0.3 is 5.97 Å². The van der Waals surface area contributed by atoms with Crippen LogP contribution in [0.5, 0.6) is 0 Å². The van der Waals surface area contributed by atoms with Gasteiger partial charge in [-0.3, -0.25) is 4.79 Å². The second-order valence-electron chi connectivity index (χ2n) is 7.73. The van der Waals surface area contributed by atoms with E-state index in [9.17, 15) is 14.7 Å². The Morgan fingerprint density at radius 3 is 2.48 bits per heavy atom. The summed E-state index contributed by atoms with van der Waals surface area (Å²) < 4.78 is 0. The van der Waals surface area contributed by atoms with Gasteiger partial charge in [0.25, 0.3) is 0 Å². The number of rotatable bonds is 2. The van der Waals surface area contributed by atoms with Crippen LogP contribution < -0.4 is 0 Å². The van der Waals surface area contributed by atoms with Gasteiger partial charge in [0, 0.05) is 12.5 Å². The van der Waals surface area contributed by atoms with E-state index in [4.69, 9.17) is 0 Å². The number of carboxylic acids is 1. The summed E-state index contributed by atoms with van der Waals surface area (Å²) in [5, 5.41) is 9.73. The van der Waals surface area contributed by atoms with Gasteiger partial charge in [0.15, 0.2) is 6.04 Å². The van der Waals surface area contributed by atoms with Crippen LogP contribution in [0.2, 0.25) is 0 Å². The number of nitrogens with zero attached hydrogens (tertiary/aromatic N) is 1. The molecule has 3 fully saturated rings. The lowest BCUT2D eigenvalue weighted by Gasteiger charge is -2.35. The maximum absolute atomic E-state index is 13.1. The molecule has 4 nitrogen and oxygen atoms in total. The number of hydrogen-bond donors (Lipinski definition) is 1. The third-order valence-electron chi connectivity index (χ3n) is 6.82. The lowest BCUT2D eigenvalue weighted by molar-refractivity contribution is -0.152. The second-order valence-corrected chi connectivity index (χ2v) is 7.73. The molecule has 0 aromatic heterocycles. The van der Waals surface area contributed by atoms with Crippen LogP contribution in [-0.2, 0) is 16.0 Å². The number of benzene rings is 1. The minimum Gasteiger partial charge on any atom is -0.479 e. The van der Waals surface area contributed by atoms with E-state index in [0.717, 1.165) is 29.4 Å². The van der Waals surface area contributed by atoms with Crippen molar-refractivity contribution < 1.29 is 14.7 Å². The first-order valence-electron chi connectivity index (χ1n) is 8.78. The van der Waals surface area contributed by atoms with E-state index in [1.807, 2.05) is 24.3 Å². The second kappa shape index (κ2) is 4.59. The molecule has 1 aliphatic heterocycles. The average Bonchev–Trinajstić information content (AvgIpc) is 2.99. The number of carbonyl (C=O) groups excluding carboxylic acids is 1. The van der Waals surface area contributed by atoms with Gasteiger partial charge in [-0.25, -0.2) is 4.79 Å². The summed E-state index contributed by atoms with van der Waals surface area (Å²) in [5.41, 5.74) is 1.87. The molecule has 1 aromatic rings. The molecule has 1 heterocycles. The highest BCUT2D eigenvalue weighted by Gasteiger charge is 2.68. The molecule has 4 aliphatic rings. The van der Waals surface area contributed by atoms with Gasteiger partial charge in [0.2, 0.25) is 5.91 Å². The fourth-order valence-corrected chi connectivity index (χ4v) is 5.92. The van der Waals surface area contributed by atoms with Gasteiger partial charge in [-0.2, -0.15) is 0 Å². The van der Waals surface area contributed by atoms with Crippen molar-refractivity contribution in [3.8, 4) is 0 Å². The number of carbonyl (C=O) groups is 2. The van der Waals surface area contributed by atoms with Crippen molar-refractivity contribution in [3.63, 3.8) is 0 Å². The van der Waals surface area contributed by atoms with E-state index in [-0.39, 0.29) is 11.8 Å².